The highest BCUT2D eigenvalue weighted by atomic mass is 79.9. The van der Waals surface area contributed by atoms with Crippen LogP contribution in [-0.2, 0) is 4.79 Å². The van der Waals surface area contributed by atoms with Gasteiger partial charge in [0.2, 0.25) is 5.91 Å². The van der Waals surface area contributed by atoms with Gasteiger partial charge in [-0.15, -0.1) is 0 Å². The average molecular weight is 318 g/mol. The Kier molecular flexibility index (Phi) is 3.76. The minimum atomic E-state index is -0.379. The van der Waals surface area contributed by atoms with Crippen LogP contribution in [0.2, 0.25) is 5.02 Å². The van der Waals surface area contributed by atoms with Crippen LogP contribution >= 0.6 is 27.5 Å². The van der Waals surface area contributed by atoms with Crippen LogP contribution in [0.5, 0.6) is 0 Å². The number of halogens is 2. The Hall–Kier alpha value is -0.580. The Labute approximate surface area is 114 Å². The summed E-state index contributed by atoms with van der Waals surface area (Å²) < 4.78 is 0.887. The summed E-state index contributed by atoms with van der Waals surface area (Å²) >= 11 is 9.38. The summed E-state index contributed by atoms with van der Waals surface area (Å²) in [7, 11) is 0. The van der Waals surface area contributed by atoms with Crippen molar-refractivity contribution in [3.8, 4) is 0 Å². The largest absolute Gasteiger partial charge is 0.329 e. The maximum Gasteiger partial charge on any atom is 0.231 e. The number of amides is 1. The molecule has 0 radical (unpaired) electrons. The van der Waals surface area contributed by atoms with Crippen molar-refractivity contribution in [2.75, 3.05) is 11.9 Å². The van der Waals surface area contributed by atoms with Gasteiger partial charge in [-0.1, -0.05) is 34.0 Å². The van der Waals surface area contributed by atoms with Crippen LogP contribution in [0.3, 0.4) is 0 Å². The molecule has 1 fully saturated rings. The molecule has 92 valence electrons. The minimum absolute atomic E-state index is 0.0181. The van der Waals surface area contributed by atoms with E-state index in [4.69, 9.17) is 17.3 Å². The third-order valence-electron chi connectivity index (χ3n) is 3.36. The molecule has 3 nitrogen and oxygen atoms in total. The van der Waals surface area contributed by atoms with Crippen molar-refractivity contribution in [2.45, 2.75) is 19.3 Å². The molecule has 3 N–H and O–H groups in total. The number of anilines is 1. The predicted octanol–water partition coefficient (Wildman–Crippen LogP) is 3.17. The number of benzene rings is 1. The first-order chi connectivity index (χ1) is 8.07. The number of carbonyl (C=O) groups excluding carboxylic acids is 1. The van der Waals surface area contributed by atoms with Crippen LogP contribution in [0.25, 0.3) is 0 Å². The molecule has 0 aliphatic heterocycles. The van der Waals surface area contributed by atoms with Crippen LogP contribution in [0.4, 0.5) is 5.69 Å². The standard InChI is InChI=1S/C12H14BrClN2O/c13-8-2-3-10(9(14)6-8)16-11(17)12(7-15)4-1-5-12/h2-3,6H,1,4-5,7,15H2,(H,16,17). The summed E-state index contributed by atoms with van der Waals surface area (Å²) in [5.74, 6) is -0.0181. The second-order valence-corrected chi connectivity index (χ2v) is 5.74. The molecule has 0 atom stereocenters. The van der Waals surface area contributed by atoms with Crippen molar-refractivity contribution < 1.29 is 4.79 Å². The van der Waals surface area contributed by atoms with Crippen LogP contribution in [-0.4, -0.2) is 12.5 Å². The molecule has 0 unspecified atom stereocenters. The van der Waals surface area contributed by atoms with Gasteiger partial charge in [0.15, 0.2) is 0 Å². The van der Waals surface area contributed by atoms with Gasteiger partial charge in [0, 0.05) is 11.0 Å². The maximum absolute atomic E-state index is 12.1. The molecule has 0 aromatic heterocycles. The van der Waals surface area contributed by atoms with E-state index < -0.39 is 0 Å². The molecule has 0 saturated heterocycles. The van der Waals surface area contributed by atoms with Crippen LogP contribution in [0, 0.1) is 5.41 Å². The highest BCUT2D eigenvalue weighted by Crippen LogP contribution is 2.41. The van der Waals surface area contributed by atoms with E-state index in [1.807, 2.05) is 6.07 Å². The number of nitrogens with two attached hydrogens (primary N) is 1. The lowest BCUT2D eigenvalue weighted by atomic mass is 9.68. The molecular formula is C12H14BrClN2O. The average Bonchev–Trinajstić information content (AvgIpc) is 2.21. The SMILES string of the molecule is NCC1(C(=O)Nc2ccc(Br)cc2Cl)CCC1. The normalized spacial score (nSPS) is 17.4. The van der Waals surface area contributed by atoms with Gasteiger partial charge in [-0.3, -0.25) is 4.79 Å². The van der Waals surface area contributed by atoms with Gasteiger partial charge in [-0.2, -0.15) is 0 Å². The quantitative estimate of drug-likeness (QED) is 0.899. The first kappa shape index (κ1) is 12.9. The Bertz CT molecular complexity index is 441. The molecular weight excluding hydrogens is 304 g/mol. The van der Waals surface area contributed by atoms with Crippen molar-refractivity contribution >= 4 is 39.1 Å². The van der Waals surface area contributed by atoms with Gasteiger partial charge in [-0.05, 0) is 31.0 Å². The monoisotopic (exact) mass is 316 g/mol. The molecule has 1 aromatic carbocycles. The smallest absolute Gasteiger partial charge is 0.231 e. The number of carbonyl (C=O) groups is 1. The zero-order chi connectivity index (χ0) is 12.5. The van der Waals surface area contributed by atoms with Gasteiger partial charge in [0.1, 0.15) is 0 Å². The molecule has 1 saturated carbocycles. The molecule has 0 spiro atoms. The zero-order valence-corrected chi connectivity index (χ0v) is 11.6. The molecule has 5 heteroatoms. The predicted molar refractivity (Wildman–Crippen MR) is 73.1 cm³/mol. The topological polar surface area (TPSA) is 55.1 Å². The number of rotatable bonds is 3. The van der Waals surface area contributed by atoms with E-state index in [9.17, 15) is 4.79 Å². The van der Waals surface area contributed by atoms with Gasteiger partial charge < -0.3 is 11.1 Å². The molecule has 0 bridgehead atoms. The molecule has 1 aliphatic carbocycles. The van der Waals surface area contributed by atoms with Gasteiger partial charge in [-0.25, -0.2) is 0 Å². The van der Waals surface area contributed by atoms with Gasteiger partial charge in [0.25, 0.3) is 0 Å². The van der Waals surface area contributed by atoms with Crippen molar-refractivity contribution in [1.29, 1.82) is 0 Å². The van der Waals surface area contributed by atoms with E-state index in [1.165, 1.54) is 0 Å². The lowest BCUT2D eigenvalue weighted by Crippen LogP contribution is -2.47. The number of nitrogens with one attached hydrogen (secondary N) is 1. The summed E-state index contributed by atoms with van der Waals surface area (Å²) in [5, 5.41) is 3.39. The molecule has 1 aromatic rings. The summed E-state index contributed by atoms with van der Waals surface area (Å²) in [5.41, 5.74) is 5.94. The Morgan fingerprint density at radius 1 is 1.53 bits per heavy atom. The van der Waals surface area contributed by atoms with E-state index in [2.05, 4.69) is 21.2 Å². The van der Waals surface area contributed by atoms with E-state index in [0.29, 0.717) is 17.3 Å². The fraction of sp³-hybridized carbons (Fsp3) is 0.417. The van der Waals surface area contributed by atoms with Gasteiger partial charge >= 0.3 is 0 Å². The van der Waals surface area contributed by atoms with Crippen molar-refractivity contribution in [2.24, 2.45) is 11.1 Å². The lowest BCUT2D eigenvalue weighted by molar-refractivity contribution is -0.129. The third kappa shape index (κ3) is 2.49. The molecule has 1 amide bonds. The molecule has 17 heavy (non-hydrogen) atoms. The highest BCUT2D eigenvalue weighted by molar-refractivity contribution is 9.10. The van der Waals surface area contributed by atoms with E-state index in [1.54, 1.807) is 12.1 Å². The first-order valence-electron chi connectivity index (χ1n) is 5.54. The summed E-state index contributed by atoms with van der Waals surface area (Å²) in [4.78, 5) is 12.1. The maximum atomic E-state index is 12.1. The number of hydrogen-bond donors (Lipinski definition) is 2. The second-order valence-electron chi connectivity index (χ2n) is 4.42. The fourth-order valence-corrected chi connectivity index (χ4v) is 2.69. The summed E-state index contributed by atoms with van der Waals surface area (Å²) in [6, 6.07) is 5.39. The Morgan fingerprint density at radius 3 is 2.71 bits per heavy atom. The van der Waals surface area contributed by atoms with Crippen LogP contribution < -0.4 is 11.1 Å². The minimum Gasteiger partial charge on any atom is -0.329 e. The third-order valence-corrected chi connectivity index (χ3v) is 4.17. The summed E-state index contributed by atoms with van der Waals surface area (Å²) in [6.45, 7) is 0.396. The zero-order valence-electron chi connectivity index (χ0n) is 9.30. The molecule has 1 aliphatic rings. The van der Waals surface area contributed by atoms with Gasteiger partial charge in [0.05, 0.1) is 16.1 Å². The fourth-order valence-electron chi connectivity index (χ4n) is 1.97. The summed E-state index contributed by atoms with van der Waals surface area (Å²) in [6.07, 6.45) is 2.80. The molecule has 2 rings (SSSR count). The van der Waals surface area contributed by atoms with Crippen LogP contribution in [0.1, 0.15) is 19.3 Å². The van der Waals surface area contributed by atoms with E-state index >= 15 is 0 Å². The second kappa shape index (κ2) is 4.96. The Morgan fingerprint density at radius 2 is 2.24 bits per heavy atom. The van der Waals surface area contributed by atoms with Crippen molar-refractivity contribution in [1.82, 2.24) is 0 Å². The van der Waals surface area contributed by atoms with Crippen molar-refractivity contribution in [3.63, 3.8) is 0 Å². The Balaban J connectivity index is 2.13. The molecule has 0 heterocycles. The lowest BCUT2D eigenvalue weighted by Gasteiger charge is -2.39. The number of hydrogen-bond acceptors (Lipinski definition) is 2. The van der Waals surface area contributed by atoms with E-state index in [-0.39, 0.29) is 11.3 Å². The van der Waals surface area contributed by atoms with Crippen molar-refractivity contribution in [3.05, 3.63) is 27.7 Å². The van der Waals surface area contributed by atoms with E-state index in [0.717, 1.165) is 23.7 Å². The highest BCUT2D eigenvalue weighted by Gasteiger charge is 2.42. The van der Waals surface area contributed by atoms with Crippen LogP contribution in [0.15, 0.2) is 22.7 Å². The first-order valence-corrected chi connectivity index (χ1v) is 6.71.